The van der Waals surface area contributed by atoms with Gasteiger partial charge in [0.1, 0.15) is 5.82 Å². The molecule has 0 aliphatic rings. The molecule has 1 aromatic rings. The minimum absolute atomic E-state index is 0.0798. The second kappa shape index (κ2) is 6.61. The first-order valence-electron chi connectivity index (χ1n) is 4.67. The van der Waals surface area contributed by atoms with Crippen LogP contribution in [0.4, 0.5) is 4.39 Å². The average molecular weight is 183 g/mol. The van der Waals surface area contributed by atoms with E-state index < -0.39 is 0 Å². The van der Waals surface area contributed by atoms with E-state index in [1.165, 1.54) is 6.07 Å². The van der Waals surface area contributed by atoms with E-state index in [1.54, 1.807) is 12.1 Å². The average Bonchev–Trinajstić information content (AvgIpc) is 2.20. The molecule has 0 fully saturated rings. The quantitative estimate of drug-likeness (QED) is 0.742. The van der Waals surface area contributed by atoms with E-state index in [4.69, 9.17) is 0 Å². The molecule has 1 N–H and O–H groups in total. The molecule has 74 valence electrons. The van der Waals surface area contributed by atoms with Gasteiger partial charge in [-0.3, -0.25) is 0 Å². The molecule has 13 heavy (non-hydrogen) atoms. The topological polar surface area (TPSA) is 12.0 Å². The largest absolute Gasteiger partial charge is 0.313 e. The SMILES string of the molecule is CC.CN[C@H](C)c1ccccc1F. The van der Waals surface area contributed by atoms with E-state index in [9.17, 15) is 4.39 Å². The molecule has 1 rings (SSSR count). The molecule has 0 aromatic heterocycles. The Kier molecular flexibility index (Phi) is 6.15. The highest BCUT2D eigenvalue weighted by molar-refractivity contribution is 5.20. The summed E-state index contributed by atoms with van der Waals surface area (Å²) in [5.74, 6) is -0.144. The van der Waals surface area contributed by atoms with Crippen LogP contribution in [0.1, 0.15) is 32.4 Å². The van der Waals surface area contributed by atoms with E-state index in [-0.39, 0.29) is 11.9 Å². The minimum atomic E-state index is -0.144. The molecule has 0 unspecified atom stereocenters. The van der Waals surface area contributed by atoms with Gasteiger partial charge >= 0.3 is 0 Å². The van der Waals surface area contributed by atoms with Gasteiger partial charge < -0.3 is 5.32 Å². The van der Waals surface area contributed by atoms with E-state index in [2.05, 4.69) is 5.32 Å². The number of rotatable bonds is 2. The molecule has 0 bridgehead atoms. The van der Waals surface area contributed by atoms with Gasteiger partial charge in [-0.1, -0.05) is 32.0 Å². The maximum atomic E-state index is 13.0. The van der Waals surface area contributed by atoms with Crippen LogP contribution in [-0.4, -0.2) is 7.05 Å². The molecule has 1 aromatic carbocycles. The zero-order chi connectivity index (χ0) is 10.3. The third-order valence-corrected chi connectivity index (χ3v) is 1.80. The second-order valence-corrected chi connectivity index (χ2v) is 2.53. The lowest BCUT2D eigenvalue weighted by Gasteiger charge is -2.10. The van der Waals surface area contributed by atoms with E-state index in [0.29, 0.717) is 0 Å². The van der Waals surface area contributed by atoms with Gasteiger partial charge in [0.15, 0.2) is 0 Å². The highest BCUT2D eigenvalue weighted by Crippen LogP contribution is 2.14. The predicted octanol–water partition coefficient (Wildman–Crippen LogP) is 3.13. The van der Waals surface area contributed by atoms with Crippen molar-refractivity contribution in [3.8, 4) is 0 Å². The Morgan fingerprint density at radius 2 is 1.77 bits per heavy atom. The number of nitrogens with one attached hydrogen (secondary N) is 1. The third-order valence-electron chi connectivity index (χ3n) is 1.80. The highest BCUT2D eigenvalue weighted by atomic mass is 19.1. The van der Waals surface area contributed by atoms with Gasteiger partial charge in [0, 0.05) is 11.6 Å². The van der Waals surface area contributed by atoms with Crippen LogP contribution < -0.4 is 5.32 Å². The summed E-state index contributed by atoms with van der Waals surface area (Å²) in [7, 11) is 1.82. The van der Waals surface area contributed by atoms with Crippen molar-refractivity contribution in [2.24, 2.45) is 0 Å². The van der Waals surface area contributed by atoms with Crippen LogP contribution in [-0.2, 0) is 0 Å². The summed E-state index contributed by atoms with van der Waals surface area (Å²) >= 11 is 0. The van der Waals surface area contributed by atoms with Crippen LogP contribution >= 0.6 is 0 Å². The van der Waals surface area contributed by atoms with E-state index >= 15 is 0 Å². The van der Waals surface area contributed by atoms with Crippen molar-refractivity contribution in [2.75, 3.05) is 7.05 Å². The summed E-state index contributed by atoms with van der Waals surface area (Å²) in [5.41, 5.74) is 0.718. The van der Waals surface area contributed by atoms with E-state index in [1.807, 2.05) is 33.9 Å². The molecule has 0 aliphatic heterocycles. The lowest BCUT2D eigenvalue weighted by molar-refractivity contribution is 0.562. The Balaban J connectivity index is 0.000000671. The van der Waals surface area contributed by atoms with Crippen molar-refractivity contribution in [3.05, 3.63) is 35.6 Å². The van der Waals surface area contributed by atoms with Crippen molar-refractivity contribution in [2.45, 2.75) is 26.8 Å². The van der Waals surface area contributed by atoms with Crippen LogP contribution in [0.2, 0.25) is 0 Å². The van der Waals surface area contributed by atoms with Crippen LogP contribution in [0.5, 0.6) is 0 Å². The molecule has 2 heteroatoms. The summed E-state index contributed by atoms with van der Waals surface area (Å²) < 4.78 is 13.0. The molecule has 1 nitrogen and oxygen atoms in total. The molecule has 1 atom stereocenters. The monoisotopic (exact) mass is 183 g/mol. The highest BCUT2D eigenvalue weighted by Gasteiger charge is 2.06. The Labute approximate surface area is 80.0 Å². The number of hydrogen-bond donors (Lipinski definition) is 1. The Bertz CT molecular complexity index is 235. The van der Waals surface area contributed by atoms with Crippen LogP contribution in [0.25, 0.3) is 0 Å². The van der Waals surface area contributed by atoms with Gasteiger partial charge in [-0.05, 0) is 20.0 Å². The van der Waals surface area contributed by atoms with Crippen LogP contribution in [0.15, 0.2) is 24.3 Å². The summed E-state index contributed by atoms with van der Waals surface area (Å²) in [6, 6.07) is 6.88. The van der Waals surface area contributed by atoms with Crippen LogP contribution in [0.3, 0.4) is 0 Å². The Morgan fingerprint density at radius 3 is 2.23 bits per heavy atom. The summed E-state index contributed by atoms with van der Waals surface area (Å²) in [4.78, 5) is 0. The first kappa shape index (κ1) is 12.1. The molecule has 0 saturated carbocycles. The van der Waals surface area contributed by atoms with Crippen molar-refractivity contribution in [3.63, 3.8) is 0 Å². The van der Waals surface area contributed by atoms with Gasteiger partial charge in [0.2, 0.25) is 0 Å². The molecule has 0 saturated heterocycles. The summed E-state index contributed by atoms with van der Waals surface area (Å²) in [5, 5.41) is 2.98. The molecular formula is C11H18FN. The molecule has 0 aliphatic carbocycles. The van der Waals surface area contributed by atoms with Gasteiger partial charge in [-0.25, -0.2) is 4.39 Å². The number of halogens is 1. The fourth-order valence-electron chi connectivity index (χ4n) is 0.982. The van der Waals surface area contributed by atoms with Gasteiger partial charge in [0.25, 0.3) is 0 Å². The Hall–Kier alpha value is -0.890. The third kappa shape index (κ3) is 3.55. The maximum Gasteiger partial charge on any atom is 0.127 e. The van der Waals surface area contributed by atoms with Crippen molar-refractivity contribution in [1.29, 1.82) is 0 Å². The molecule has 0 heterocycles. The fraction of sp³-hybridized carbons (Fsp3) is 0.455. The van der Waals surface area contributed by atoms with Crippen LogP contribution in [0, 0.1) is 5.82 Å². The second-order valence-electron chi connectivity index (χ2n) is 2.53. The lowest BCUT2D eigenvalue weighted by atomic mass is 10.1. The first-order valence-corrected chi connectivity index (χ1v) is 4.67. The summed E-state index contributed by atoms with van der Waals surface area (Å²) in [6.07, 6.45) is 0. The maximum absolute atomic E-state index is 13.0. The number of hydrogen-bond acceptors (Lipinski definition) is 1. The van der Waals surface area contributed by atoms with Gasteiger partial charge in [-0.15, -0.1) is 0 Å². The van der Waals surface area contributed by atoms with Gasteiger partial charge in [0.05, 0.1) is 0 Å². The van der Waals surface area contributed by atoms with Crippen molar-refractivity contribution >= 4 is 0 Å². The smallest absolute Gasteiger partial charge is 0.127 e. The normalized spacial score (nSPS) is 11.5. The molecular weight excluding hydrogens is 165 g/mol. The van der Waals surface area contributed by atoms with Gasteiger partial charge in [-0.2, -0.15) is 0 Å². The number of benzene rings is 1. The predicted molar refractivity (Wildman–Crippen MR) is 55.2 cm³/mol. The molecule has 0 amide bonds. The first-order chi connectivity index (χ1) is 6.25. The molecule has 0 radical (unpaired) electrons. The zero-order valence-electron chi connectivity index (χ0n) is 8.76. The summed E-state index contributed by atoms with van der Waals surface area (Å²) in [6.45, 7) is 5.93. The fourth-order valence-corrected chi connectivity index (χ4v) is 0.982. The van der Waals surface area contributed by atoms with E-state index in [0.717, 1.165) is 5.56 Å². The standard InChI is InChI=1S/C9H12FN.C2H6/c1-7(11-2)8-5-3-4-6-9(8)10;1-2/h3-7,11H,1-2H3;1-2H3/t7-;/m1./s1. The van der Waals surface area contributed by atoms with Crippen molar-refractivity contribution in [1.82, 2.24) is 5.32 Å². The Morgan fingerprint density at radius 1 is 1.23 bits per heavy atom. The lowest BCUT2D eigenvalue weighted by Crippen LogP contribution is -2.13. The zero-order valence-corrected chi connectivity index (χ0v) is 8.76. The van der Waals surface area contributed by atoms with Crippen molar-refractivity contribution < 1.29 is 4.39 Å². The molecule has 0 spiro atoms. The minimum Gasteiger partial charge on any atom is -0.313 e.